The van der Waals surface area contributed by atoms with Gasteiger partial charge in [-0.1, -0.05) is 19.0 Å². The van der Waals surface area contributed by atoms with Crippen molar-refractivity contribution in [3.05, 3.63) is 16.8 Å². The quantitative estimate of drug-likeness (QED) is 0.347. The van der Waals surface area contributed by atoms with Crippen molar-refractivity contribution in [2.75, 3.05) is 18.0 Å². The molecule has 1 aromatic heterocycles. The fourth-order valence-electron chi connectivity index (χ4n) is 2.68. The van der Waals surface area contributed by atoms with Crippen LogP contribution in [0, 0.1) is 5.92 Å². The van der Waals surface area contributed by atoms with Crippen LogP contribution in [0.25, 0.3) is 0 Å². The molecule has 1 heterocycles. The van der Waals surface area contributed by atoms with Crippen LogP contribution in [0.15, 0.2) is 5.16 Å². The van der Waals surface area contributed by atoms with Gasteiger partial charge in [-0.2, -0.15) is 5.10 Å². The molecule has 0 atom stereocenters. The van der Waals surface area contributed by atoms with Gasteiger partial charge in [-0.05, 0) is 44.1 Å². The van der Waals surface area contributed by atoms with Gasteiger partial charge in [0.05, 0.1) is 11.3 Å². The van der Waals surface area contributed by atoms with E-state index >= 15 is 0 Å². The van der Waals surface area contributed by atoms with Gasteiger partial charge in [0.15, 0.2) is 11.7 Å². The number of rotatable bonds is 7. The lowest BCUT2D eigenvalue weighted by molar-refractivity contribution is 0.318. The first kappa shape index (κ1) is 15.5. The number of nitrogens with zero attached hydrogens (tertiary/aromatic N) is 4. The molecule has 0 radical (unpaired) electrons. The van der Waals surface area contributed by atoms with Crippen LogP contribution >= 0.6 is 0 Å². The third-order valence-corrected chi connectivity index (χ3v) is 4.05. The number of hydrogen-bond donors (Lipinski definition) is 2. The first-order valence-electron chi connectivity index (χ1n) is 7.77. The van der Waals surface area contributed by atoms with Crippen molar-refractivity contribution < 1.29 is 5.21 Å². The number of oxime groups is 1. The molecule has 0 aliphatic heterocycles. The Labute approximate surface area is 126 Å². The highest BCUT2D eigenvalue weighted by Crippen LogP contribution is 2.32. The highest BCUT2D eigenvalue weighted by atomic mass is 16.4. The maximum absolute atomic E-state index is 9.14. The zero-order valence-corrected chi connectivity index (χ0v) is 13.1. The molecule has 1 aliphatic rings. The van der Waals surface area contributed by atoms with Crippen LogP contribution in [0.3, 0.4) is 0 Å². The number of amidine groups is 1. The van der Waals surface area contributed by atoms with Crippen molar-refractivity contribution >= 4 is 11.7 Å². The zero-order valence-electron chi connectivity index (χ0n) is 13.1. The van der Waals surface area contributed by atoms with Crippen LogP contribution in [-0.2, 0) is 12.8 Å². The van der Waals surface area contributed by atoms with Gasteiger partial charge in [-0.25, -0.2) is 0 Å². The van der Waals surface area contributed by atoms with Gasteiger partial charge in [0.25, 0.3) is 0 Å². The Balaban J connectivity index is 2.52. The second-order valence-corrected chi connectivity index (χ2v) is 5.50. The fourth-order valence-corrected chi connectivity index (χ4v) is 2.68. The van der Waals surface area contributed by atoms with Gasteiger partial charge in [0.2, 0.25) is 0 Å². The summed E-state index contributed by atoms with van der Waals surface area (Å²) in [7, 11) is 0. The monoisotopic (exact) mass is 291 g/mol. The number of hydrogen-bond acceptors (Lipinski definition) is 5. The minimum Gasteiger partial charge on any atom is -0.409 e. The lowest BCUT2D eigenvalue weighted by atomic mass is 10.0. The number of nitrogens with two attached hydrogens (primary N) is 1. The normalized spacial score (nSPS) is 15.3. The summed E-state index contributed by atoms with van der Waals surface area (Å²) in [5.41, 5.74) is 8.64. The molecule has 0 saturated heterocycles. The van der Waals surface area contributed by atoms with Gasteiger partial charge in [-0.3, -0.25) is 0 Å². The number of aryl methyl sites for hydroxylation is 1. The van der Waals surface area contributed by atoms with Gasteiger partial charge in [0, 0.05) is 13.1 Å². The number of aromatic nitrogens is 2. The molecule has 6 heteroatoms. The summed E-state index contributed by atoms with van der Waals surface area (Å²) in [6.07, 6.45) is 4.13. The summed E-state index contributed by atoms with van der Waals surface area (Å²) in [5, 5.41) is 21.1. The number of anilines is 1. The third kappa shape index (κ3) is 3.25. The molecule has 1 aromatic rings. The van der Waals surface area contributed by atoms with Crippen molar-refractivity contribution in [3.63, 3.8) is 0 Å². The van der Waals surface area contributed by atoms with Crippen molar-refractivity contribution in [3.8, 4) is 0 Å². The predicted octanol–water partition coefficient (Wildman–Crippen LogP) is 1.93. The van der Waals surface area contributed by atoms with Crippen LogP contribution < -0.4 is 10.6 Å². The maximum atomic E-state index is 9.14. The van der Waals surface area contributed by atoms with E-state index in [-0.39, 0.29) is 5.84 Å². The van der Waals surface area contributed by atoms with E-state index in [1.807, 2.05) is 6.92 Å². The van der Waals surface area contributed by atoms with E-state index in [9.17, 15) is 0 Å². The van der Waals surface area contributed by atoms with Crippen molar-refractivity contribution in [1.82, 2.24) is 10.2 Å². The standard InChI is InChI=1S/C15H25N5O/c1-4-11-12(5-2)17-18-15(13(11)14(16)19-21)20(6-3)9-10-7-8-10/h10,21H,4-9H2,1-3H3,(H2,16,19). The first-order valence-corrected chi connectivity index (χ1v) is 7.77. The Bertz CT molecular complexity index is 525. The average molecular weight is 291 g/mol. The SMILES string of the molecule is CCc1nnc(N(CC)CC2CC2)c(C(N)=NO)c1CC. The lowest BCUT2D eigenvalue weighted by Crippen LogP contribution is -2.31. The summed E-state index contributed by atoms with van der Waals surface area (Å²) in [4.78, 5) is 2.19. The molecule has 0 unspecified atom stereocenters. The first-order chi connectivity index (χ1) is 10.2. The second kappa shape index (κ2) is 6.74. The molecular formula is C15H25N5O. The Kier molecular flexibility index (Phi) is 4.98. The fraction of sp³-hybridized carbons (Fsp3) is 0.667. The molecule has 21 heavy (non-hydrogen) atoms. The smallest absolute Gasteiger partial charge is 0.174 e. The molecule has 0 spiro atoms. The topological polar surface area (TPSA) is 87.6 Å². The van der Waals surface area contributed by atoms with E-state index in [2.05, 4.69) is 34.1 Å². The van der Waals surface area contributed by atoms with E-state index in [1.54, 1.807) is 0 Å². The summed E-state index contributed by atoms with van der Waals surface area (Å²) in [6, 6.07) is 0. The molecule has 2 rings (SSSR count). The van der Waals surface area contributed by atoms with Crippen molar-refractivity contribution in [2.45, 2.75) is 46.5 Å². The van der Waals surface area contributed by atoms with E-state index in [4.69, 9.17) is 10.9 Å². The highest BCUT2D eigenvalue weighted by Gasteiger charge is 2.27. The minimum absolute atomic E-state index is 0.126. The summed E-state index contributed by atoms with van der Waals surface area (Å²) >= 11 is 0. The molecule has 1 aliphatic carbocycles. The predicted molar refractivity (Wildman–Crippen MR) is 83.9 cm³/mol. The van der Waals surface area contributed by atoms with Crippen molar-refractivity contribution in [1.29, 1.82) is 0 Å². The maximum Gasteiger partial charge on any atom is 0.174 e. The molecule has 1 fully saturated rings. The lowest BCUT2D eigenvalue weighted by Gasteiger charge is -2.25. The van der Waals surface area contributed by atoms with Gasteiger partial charge in [0.1, 0.15) is 0 Å². The highest BCUT2D eigenvalue weighted by molar-refractivity contribution is 6.03. The molecule has 116 valence electrons. The third-order valence-electron chi connectivity index (χ3n) is 4.05. The van der Waals surface area contributed by atoms with E-state index in [0.29, 0.717) is 0 Å². The second-order valence-electron chi connectivity index (χ2n) is 5.50. The average Bonchev–Trinajstić information content (AvgIpc) is 3.34. The van der Waals surface area contributed by atoms with Crippen LogP contribution in [-0.4, -0.2) is 34.3 Å². The van der Waals surface area contributed by atoms with Crippen LogP contribution in [0.4, 0.5) is 5.82 Å². The Morgan fingerprint density at radius 1 is 1.29 bits per heavy atom. The van der Waals surface area contributed by atoms with Gasteiger partial charge < -0.3 is 15.8 Å². The summed E-state index contributed by atoms with van der Waals surface area (Å²) < 4.78 is 0. The Morgan fingerprint density at radius 3 is 2.48 bits per heavy atom. The van der Waals surface area contributed by atoms with E-state index < -0.39 is 0 Å². The Morgan fingerprint density at radius 2 is 2.00 bits per heavy atom. The molecular weight excluding hydrogens is 266 g/mol. The molecule has 0 amide bonds. The molecule has 3 N–H and O–H groups in total. The molecule has 6 nitrogen and oxygen atoms in total. The summed E-state index contributed by atoms with van der Waals surface area (Å²) in [5.74, 6) is 1.61. The largest absolute Gasteiger partial charge is 0.409 e. The van der Waals surface area contributed by atoms with Gasteiger partial charge in [-0.15, -0.1) is 5.10 Å². The minimum atomic E-state index is 0.126. The molecule has 0 bridgehead atoms. The van der Waals surface area contributed by atoms with Crippen molar-refractivity contribution in [2.24, 2.45) is 16.8 Å². The molecule has 1 saturated carbocycles. The molecule has 0 aromatic carbocycles. The van der Waals surface area contributed by atoms with Crippen LogP contribution in [0.5, 0.6) is 0 Å². The summed E-state index contributed by atoms with van der Waals surface area (Å²) in [6.45, 7) is 8.00. The van der Waals surface area contributed by atoms with E-state index in [0.717, 1.165) is 54.5 Å². The van der Waals surface area contributed by atoms with Crippen LogP contribution in [0.2, 0.25) is 0 Å². The van der Waals surface area contributed by atoms with E-state index in [1.165, 1.54) is 12.8 Å². The zero-order chi connectivity index (χ0) is 15.4. The Hall–Kier alpha value is -1.85. The van der Waals surface area contributed by atoms with Crippen LogP contribution in [0.1, 0.15) is 50.4 Å². The van der Waals surface area contributed by atoms with Gasteiger partial charge >= 0.3 is 0 Å².